The minimum Gasteiger partial charge on any atom is -0.375 e. The average molecular weight is 355 g/mol. The maximum atomic E-state index is 12.7. The number of nitrogens with zero attached hydrogens (tertiary/aromatic N) is 3. The van der Waals surface area contributed by atoms with Gasteiger partial charge in [-0.05, 0) is 38.3 Å². The molecule has 0 aliphatic carbocycles. The summed E-state index contributed by atoms with van der Waals surface area (Å²) in [5.41, 5.74) is 9.76. The highest BCUT2D eigenvalue weighted by Gasteiger charge is 2.28. The quantitative estimate of drug-likeness (QED) is 0.739. The molecule has 0 radical (unpaired) electrons. The molecule has 1 saturated heterocycles. The molecule has 0 spiro atoms. The molecule has 1 aliphatic rings. The number of hydrogen-bond acceptors (Lipinski definition) is 5. The van der Waals surface area contributed by atoms with Crippen LogP contribution in [-0.2, 0) is 0 Å². The van der Waals surface area contributed by atoms with E-state index in [2.05, 4.69) is 29.0 Å². The number of amides is 1. The number of thiazole rings is 1. The number of carbonyl (C=O) groups excluding carboxylic acids is 1. The van der Waals surface area contributed by atoms with E-state index in [1.165, 1.54) is 16.9 Å². The molecule has 130 valence electrons. The number of aryl methyl sites for hydroxylation is 2. The van der Waals surface area contributed by atoms with E-state index >= 15 is 0 Å². The summed E-state index contributed by atoms with van der Waals surface area (Å²) in [4.78, 5) is 27.7. The topological polar surface area (TPSA) is 87.9 Å². The van der Waals surface area contributed by atoms with Crippen molar-refractivity contribution in [2.24, 2.45) is 0 Å². The van der Waals surface area contributed by atoms with E-state index in [1.807, 2.05) is 17.9 Å². The maximum Gasteiger partial charge on any atom is 0.265 e. The van der Waals surface area contributed by atoms with Crippen molar-refractivity contribution in [1.29, 1.82) is 0 Å². The van der Waals surface area contributed by atoms with E-state index in [9.17, 15) is 4.79 Å². The van der Waals surface area contributed by atoms with E-state index in [4.69, 9.17) is 10.7 Å². The van der Waals surface area contributed by atoms with Gasteiger partial charge in [0.1, 0.15) is 10.7 Å². The summed E-state index contributed by atoms with van der Waals surface area (Å²) in [6.07, 6.45) is 1.83. The van der Waals surface area contributed by atoms with Crippen molar-refractivity contribution in [3.05, 3.63) is 40.2 Å². The second-order valence-electron chi connectivity index (χ2n) is 6.63. The second kappa shape index (κ2) is 6.15. The Balaban J connectivity index is 1.48. The lowest BCUT2D eigenvalue weighted by Crippen LogP contribution is -2.38. The van der Waals surface area contributed by atoms with E-state index in [-0.39, 0.29) is 5.91 Å². The fraction of sp³-hybridized carbons (Fsp3) is 0.389. The van der Waals surface area contributed by atoms with Gasteiger partial charge >= 0.3 is 0 Å². The number of nitrogen functional groups attached to an aromatic ring is 1. The number of imidazole rings is 1. The molecule has 7 heteroatoms. The number of fused-ring (bicyclic) bond motifs is 1. The fourth-order valence-corrected chi connectivity index (χ4v) is 4.30. The first-order chi connectivity index (χ1) is 12.0. The lowest BCUT2D eigenvalue weighted by Gasteiger charge is -2.30. The number of aromatic nitrogens is 3. The second-order valence-corrected chi connectivity index (χ2v) is 7.66. The molecule has 0 saturated carbocycles. The van der Waals surface area contributed by atoms with Crippen LogP contribution in [0.2, 0.25) is 0 Å². The van der Waals surface area contributed by atoms with Gasteiger partial charge in [0.05, 0.1) is 16.7 Å². The molecule has 0 bridgehead atoms. The van der Waals surface area contributed by atoms with Crippen LogP contribution in [0, 0.1) is 13.8 Å². The van der Waals surface area contributed by atoms with Gasteiger partial charge in [-0.3, -0.25) is 4.79 Å². The Labute approximate surface area is 150 Å². The summed E-state index contributed by atoms with van der Waals surface area (Å²) >= 11 is 1.27. The predicted molar refractivity (Wildman–Crippen MR) is 100.0 cm³/mol. The molecule has 3 heterocycles. The van der Waals surface area contributed by atoms with E-state index in [0.717, 1.165) is 48.5 Å². The Hall–Kier alpha value is -2.41. The van der Waals surface area contributed by atoms with Crippen LogP contribution in [0.3, 0.4) is 0 Å². The molecular formula is C18H21N5OS. The zero-order valence-corrected chi connectivity index (χ0v) is 15.2. The third kappa shape index (κ3) is 2.89. The van der Waals surface area contributed by atoms with Crippen LogP contribution in [0.15, 0.2) is 18.2 Å². The van der Waals surface area contributed by atoms with Crippen molar-refractivity contribution < 1.29 is 4.79 Å². The number of nitrogens with two attached hydrogens (primary N) is 1. The number of H-pyrrole nitrogens is 1. The molecule has 25 heavy (non-hydrogen) atoms. The minimum atomic E-state index is 0.0469. The Morgan fingerprint density at radius 2 is 2.04 bits per heavy atom. The molecule has 6 nitrogen and oxygen atoms in total. The molecule has 1 amide bonds. The third-order valence-electron chi connectivity index (χ3n) is 4.91. The highest BCUT2D eigenvalue weighted by atomic mass is 32.1. The number of likely N-dealkylation sites (tertiary alicyclic amines) is 1. The highest BCUT2D eigenvalue weighted by molar-refractivity contribution is 7.17. The van der Waals surface area contributed by atoms with Gasteiger partial charge in [0.15, 0.2) is 5.13 Å². The summed E-state index contributed by atoms with van der Waals surface area (Å²) in [5.74, 6) is 1.45. The maximum absolute atomic E-state index is 12.7. The number of rotatable bonds is 2. The molecular weight excluding hydrogens is 334 g/mol. The van der Waals surface area contributed by atoms with Crippen LogP contribution in [0.1, 0.15) is 45.5 Å². The molecule has 3 aromatic rings. The van der Waals surface area contributed by atoms with Crippen LogP contribution >= 0.6 is 11.3 Å². The number of carbonyl (C=O) groups is 1. The van der Waals surface area contributed by atoms with Crippen molar-refractivity contribution in [2.45, 2.75) is 32.6 Å². The number of nitrogens with one attached hydrogen (secondary N) is 1. The normalized spacial score (nSPS) is 15.8. The van der Waals surface area contributed by atoms with Gasteiger partial charge in [-0.2, -0.15) is 0 Å². The lowest BCUT2D eigenvalue weighted by molar-refractivity contribution is 0.0715. The first-order valence-corrected chi connectivity index (χ1v) is 9.32. The Morgan fingerprint density at radius 3 is 2.68 bits per heavy atom. The zero-order valence-electron chi connectivity index (χ0n) is 14.4. The third-order valence-corrected chi connectivity index (χ3v) is 5.88. The van der Waals surface area contributed by atoms with Crippen molar-refractivity contribution in [1.82, 2.24) is 19.9 Å². The molecule has 0 unspecified atom stereocenters. The summed E-state index contributed by atoms with van der Waals surface area (Å²) < 4.78 is 0. The van der Waals surface area contributed by atoms with Crippen molar-refractivity contribution >= 4 is 33.4 Å². The minimum absolute atomic E-state index is 0.0469. The first-order valence-electron chi connectivity index (χ1n) is 8.50. The van der Waals surface area contributed by atoms with Crippen molar-refractivity contribution in [3.8, 4) is 0 Å². The molecule has 2 aromatic heterocycles. The van der Waals surface area contributed by atoms with Crippen LogP contribution < -0.4 is 5.73 Å². The van der Waals surface area contributed by atoms with Crippen LogP contribution in [0.5, 0.6) is 0 Å². The number of aromatic amines is 1. The molecule has 3 N–H and O–H groups in total. The average Bonchev–Trinajstić information content (AvgIpc) is 3.18. The van der Waals surface area contributed by atoms with Crippen molar-refractivity contribution in [2.75, 3.05) is 18.8 Å². The molecule has 1 aromatic carbocycles. The summed E-state index contributed by atoms with van der Waals surface area (Å²) in [7, 11) is 0. The first kappa shape index (κ1) is 16.1. The fourth-order valence-electron chi connectivity index (χ4n) is 3.50. The summed E-state index contributed by atoms with van der Waals surface area (Å²) in [6.45, 7) is 5.38. The van der Waals surface area contributed by atoms with Gasteiger partial charge in [0.25, 0.3) is 5.91 Å². The SMILES string of the molecule is Cc1nc(N)sc1C(=O)N1CCC(c2nc3c(C)cccc3[nH]2)CC1. The van der Waals surface area contributed by atoms with Gasteiger partial charge in [-0.1, -0.05) is 23.5 Å². The van der Waals surface area contributed by atoms with Crippen LogP contribution in [0.25, 0.3) is 11.0 Å². The van der Waals surface area contributed by atoms with Gasteiger partial charge in [0, 0.05) is 19.0 Å². The number of para-hydroxylation sites is 1. The van der Waals surface area contributed by atoms with Gasteiger partial charge in [-0.15, -0.1) is 0 Å². The molecule has 4 rings (SSSR count). The monoisotopic (exact) mass is 355 g/mol. The largest absolute Gasteiger partial charge is 0.375 e. The summed E-state index contributed by atoms with van der Waals surface area (Å²) in [5, 5.41) is 0.452. The summed E-state index contributed by atoms with van der Waals surface area (Å²) in [6, 6.07) is 6.19. The van der Waals surface area contributed by atoms with Gasteiger partial charge in [0.2, 0.25) is 0 Å². The van der Waals surface area contributed by atoms with Crippen LogP contribution in [0.4, 0.5) is 5.13 Å². The smallest absolute Gasteiger partial charge is 0.265 e. The number of benzene rings is 1. The molecule has 0 atom stereocenters. The van der Waals surface area contributed by atoms with Gasteiger partial charge < -0.3 is 15.6 Å². The van der Waals surface area contributed by atoms with E-state index in [1.54, 1.807) is 0 Å². The van der Waals surface area contributed by atoms with Crippen molar-refractivity contribution in [3.63, 3.8) is 0 Å². The molecule has 1 aliphatic heterocycles. The predicted octanol–water partition coefficient (Wildman–Crippen LogP) is 3.24. The van der Waals surface area contributed by atoms with Crippen LogP contribution in [-0.4, -0.2) is 38.8 Å². The van der Waals surface area contributed by atoms with E-state index < -0.39 is 0 Å². The molecule has 1 fully saturated rings. The number of anilines is 1. The standard InChI is InChI=1S/C18H21N5OS/c1-10-4-3-5-13-14(10)22-16(21-13)12-6-8-23(9-7-12)17(24)15-11(2)20-18(19)25-15/h3-5,12H,6-9H2,1-2H3,(H2,19,20)(H,21,22). The van der Waals surface area contributed by atoms with E-state index in [0.29, 0.717) is 15.9 Å². The van der Waals surface area contributed by atoms with Gasteiger partial charge in [-0.25, -0.2) is 9.97 Å². The Kier molecular flexibility index (Phi) is 3.95. The Bertz CT molecular complexity index is 936. The highest BCUT2D eigenvalue weighted by Crippen LogP contribution is 2.30. The number of piperidine rings is 1. The Morgan fingerprint density at radius 1 is 1.28 bits per heavy atom. The zero-order chi connectivity index (χ0) is 17.6. The lowest BCUT2D eigenvalue weighted by atomic mass is 9.96. The number of hydrogen-bond donors (Lipinski definition) is 2.